The van der Waals surface area contributed by atoms with Crippen LogP contribution >= 0.6 is 11.8 Å². The van der Waals surface area contributed by atoms with Crippen LogP contribution in [-0.4, -0.2) is 40.2 Å². The summed E-state index contributed by atoms with van der Waals surface area (Å²) in [5.41, 5.74) is 0.331. The molecule has 0 aromatic carbocycles. The number of nitrogens with zero attached hydrogens (tertiary/aromatic N) is 1. The van der Waals surface area contributed by atoms with Crippen LogP contribution in [0, 0.1) is 0 Å². The molecule has 0 saturated carbocycles. The minimum atomic E-state index is 0.331. The summed E-state index contributed by atoms with van der Waals surface area (Å²) in [5.74, 6) is 1.25. The lowest BCUT2D eigenvalue weighted by atomic mass is 10.1. The van der Waals surface area contributed by atoms with Crippen LogP contribution in [0.25, 0.3) is 0 Å². The third-order valence-electron chi connectivity index (χ3n) is 3.27. The molecule has 3 heteroatoms. The molecule has 0 aromatic heterocycles. The van der Waals surface area contributed by atoms with E-state index in [0.717, 1.165) is 0 Å². The second-order valence-corrected chi connectivity index (χ2v) is 6.96. The molecule has 2 saturated heterocycles. The standard InChI is InChI=1S/C11H22N2S/c1-9(2)13-6-5-11(7-13)12-10(3,4)8-14-11/h9,12H,5-8H2,1-4H3. The number of likely N-dealkylation sites (tertiary alicyclic amines) is 1. The van der Waals surface area contributed by atoms with Gasteiger partial charge in [-0.3, -0.25) is 10.2 Å². The molecule has 1 N–H and O–H groups in total. The molecule has 1 atom stereocenters. The van der Waals surface area contributed by atoms with Crippen molar-refractivity contribution in [2.75, 3.05) is 18.8 Å². The van der Waals surface area contributed by atoms with E-state index in [1.165, 1.54) is 25.3 Å². The minimum Gasteiger partial charge on any atom is -0.298 e. The van der Waals surface area contributed by atoms with Gasteiger partial charge in [-0.2, -0.15) is 0 Å². The molecule has 2 aliphatic heterocycles. The molecule has 0 aliphatic carbocycles. The van der Waals surface area contributed by atoms with Gasteiger partial charge >= 0.3 is 0 Å². The summed E-state index contributed by atoms with van der Waals surface area (Å²) in [6, 6.07) is 0.695. The monoisotopic (exact) mass is 214 g/mol. The van der Waals surface area contributed by atoms with Crippen LogP contribution in [-0.2, 0) is 0 Å². The average molecular weight is 214 g/mol. The van der Waals surface area contributed by atoms with E-state index in [0.29, 0.717) is 16.5 Å². The largest absolute Gasteiger partial charge is 0.298 e. The fraction of sp³-hybridized carbons (Fsp3) is 1.00. The van der Waals surface area contributed by atoms with Crippen molar-refractivity contribution in [3.63, 3.8) is 0 Å². The molecular formula is C11H22N2S. The predicted octanol–water partition coefficient (Wildman–Crippen LogP) is 1.91. The fourth-order valence-corrected chi connectivity index (χ4v) is 4.03. The molecule has 1 spiro atoms. The molecule has 2 fully saturated rings. The Morgan fingerprint density at radius 2 is 2.07 bits per heavy atom. The van der Waals surface area contributed by atoms with Gasteiger partial charge in [0.15, 0.2) is 0 Å². The maximum absolute atomic E-state index is 3.81. The minimum absolute atomic E-state index is 0.331. The summed E-state index contributed by atoms with van der Waals surface area (Å²) in [6.07, 6.45) is 1.30. The van der Waals surface area contributed by atoms with E-state index in [-0.39, 0.29) is 0 Å². The molecule has 0 aromatic rings. The Kier molecular flexibility index (Phi) is 2.61. The smallest absolute Gasteiger partial charge is 0.0790 e. The number of hydrogen-bond donors (Lipinski definition) is 1. The summed E-state index contributed by atoms with van der Waals surface area (Å²) in [6.45, 7) is 11.7. The van der Waals surface area contributed by atoms with E-state index in [1.807, 2.05) is 0 Å². The van der Waals surface area contributed by atoms with Gasteiger partial charge in [-0.25, -0.2) is 0 Å². The lowest BCUT2D eigenvalue weighted by Gasteiger charge is -2.28. The summed E-state index contributed by atoms with van der Waals surface area (Å²) < 4.78 is 0. The van der Waals surface area contributed by atoms with Crippen molar-refractivity contribution in [3.05, 3.63) is 0 Å². The molecule has 2 rings (SSSR count). The van der Waals surface area contributed by atoms with E-state index >= 15 is 0 Å². The fourth-order valence-electron chi connectivity index (χ4n) is 2.48. The molecule has 14 heavy (non-hydrogen) atoms. The Balaban J connectivity index is 2.01. The highest BCUT2D eigenvalue weighted by atomic mass is 32.2. The zero-order valence-electron chi connectivity index (χ0n) is 9.76. The molecule has 0 radical (unpaired) electrons. The zero-order chi connectivity index (χ0) is 10.4. The number of nitrogens with one attached hydrogen (secondary N) is 1. The first-order chi connectivity index (χ1) is 6.43. The van der Waals surface area contributed by atoms with Gasteiger partial charge < -0.3 is 0 Å². The van der Waals surface area contributed by atoms with Crippen molar-refractivity contribution < 1.29 is 0 Å². The third-order valence-corrected chi connectivity index (χ3v) is 5.12. The molecule has 1 unspecified atom stereocenters. The SMILES string of the molecule is CC(C)N1CCC2(C1)NC(C)(C)CS2. The van der Waals surface area contributed by atoms with E-state index in [9.17, 15) is 0 Å². The molecule has 0 bridgehead atoms. The van der Waals surface area contributed by atoms with Crippen molar-refractivity contribution in [2.45, 2.75) is 50.6 Å². The third kappa shape index (κ3) is 1.95. The quantitative estimate of drug-likeness (QED) is 0.718. The lowest BCUT2D eigenvalue weighted by molar-refractivity contribution is 0.257. The van der Waals surface area contributed by atoms with Crippen molar-refractivity contribution in [1.29, 1.82) is 0 Å². The molecule has 2 aliphatic rings. The Bertz CT molecular complexity index is 227. The summed E-state index contributed by atoms with van der Waals surface area (Å²) in [7, 11) is 0. The number of thioether (sulfide) groups is 1. The maximum Gasteiger partial charge on any atom is 0.0790 e. The van der Waals surface area contributed by atoms with Gasteiger partial charge in [0.1, 0.15) is 0 Å². The van der Waals surface area contributed by atoms with Crippen molar-refractivity contribution in [3.8, 4) is 0 Å². The van der Waals surface area contributed by atoms with Crippen molar-refractivity contribution in [2.24, 2.45) is 0 Å². The van der Waals surface area contributed by atoms with E-state index in [4.69, 9.17) is 0 Å². The highest BCUT2D eigenvalue weighted by Crippen LogP contribution is 2.42. The Morgan fingerprint density at radius 3 is 2.50 bits per heavy atom. The Hall–Kier alpha value is 0.270. The molecule has 82 valence electrons. The topological polar surface area (TPSA) is 15.3 Å². The van der Waals surface area contributed by atoms with Gasteiger partial charge in [0.05, 0.1) is 4.87 Å². The van der Waals surface area contributed by atoms with Gasteiger partial charge in [0.2, 0.25) is 0 Å². The van der Waals surface area contributed by atoms with E-state index in [1.54, 1.807) is 0 Å². The van der Waals surface area contributed by atoms with Gasteiger partial charge in [-0.05, 0) is 34.1 Å². The van der Waals surface area contributed by atoms with Gasteiger partial charge in [-0.1, -0.05) is 0 Å². The average Bonchev–Trinajstić information content (AvgIpc) is 2.58. The van der Waals surface area contributed by atoms with Crippen LogP contribution in [0.5, 0.6) is 0 Å². The van der Waals surface area contributed by atoms with Crippen LogP contribution in [0.3, 0.4) is 0 Å². The second kappa shape index (κ2) is 3.39. The van der Waals surface area contributed by atoms with Crippen molar-refractivity contribution >= 4 is 11.8 Å². The number of rotatable bonds is 1. The van der Waals surface area contributed by atoms with Crippen LogP contribution in [0.1, 0.15) is 34.1 Å². The van der Waals surface area contributed by atoms with Crippen LogP contribution in [0.4, 0.5) is 0 Å². The predicted molar refractivity (Wildman–Crippen MR) is 63.7 cm³/mol. The Labute approximate surface area is 91.8 Å². The normalized spacial score (nSPS) is 37.5. The summed E-state index contributed by atoms with van der Waals surface area (Å²) in [4.78, 5) is 2.95. The first kappa shape index (κ1) is 10.8. The maximum atomic E-state index is 3.81. The van der Waals surface area contributed by atoms with Crippen LogP contribution in [0.15, 0.2) is 0 Å². The molecule has 2 nitrogen and oxygen atoms in total. The van der Waals surface area contributed by atoms with Crippen LogP contribution < -0.4 is 5.32 Å². The van der Waals surface area contributed by atoms with Gasteiger partial charge in [-0.15, -0.1) is 11.8 Å². The summed E-state index contributed by atoms with van der Waals surface area (Å²) in [5, 5.41) is 3.81. The summed E-state index contributed by atoms with van der Waals surface area (Å²) >= 11 is 2.13. The lowest BCUT2D eigenvalue weighted by Crippen LogP contribution is -2.49. The highest BCUT2D eigenvalue weighted by molar-refractivity contribution is 8.01. The Morgan fingerprint density at radius 1 is 1.36 bits per heavy atom. The highest BCUT2D eigenvalue weighted by Gasteiger charge is 2.47. The van der Waals surface area contributed by atoms with Gasteiger partial charge in [0.25, 0.3) is 0 Å². The zero-order valence-corrected chi connectivity index (χ0v) is 10.6. The van der Waals surface area contributed by atoms with Gasteiger partial charge in [0, 0.05) is 30.4 Å². The number of hydrogen-bond acceptors (Lipinski definition) is 3. The van der Waals surface area contributed by atoms with Crippen LogP contribution in [0.2, 0.25) is 0 Å². The first-order valence-electron chi connectivity index (χ1n) is 5.60. The first-order valence-corrected chi connectivity index (χ1v) is 6.58. The van der Waals surface area contributed by atoms with Crippen molar-refractivity contribution in [1.82, 2.24) is 10.2 Å². The molecular weight excluding hydrogens is 192 g/mol. The van der Waals surface area contributed by atoms with E-state index in [2.05, 4.69) is 49.7 Å². The second-order valence-electron chi connectivity index (χ2n) is 5.61. The molecule has 2 heterocycles. The van der Waals surface area contributed by atoms with E-state index < -0.39 is 0 Å². The molecule has 0 amide bonds.